The minimum absolute atomic E-state index is 0.148. The zero-order valence-corrected chi connectivity index (χ0v) is 18.2. The second-order valence-corrected chi connectivity index (χ2v) is 7.72. The summed E-state index contributed by atoms with van der Waals surface area (Å²) in [6.45, 7) is 6.51. The number of benzene rings is 2. The molecule has 1 atom stereocenters. The molecule has 0 radical (unpaired) electrons. The van der Waals surface area contributed by atoms with Crippen molar-refractivity contribution in [3.63, 3.8) is 0 Å². The summed E-state index contributed by atoms with van der Waals surface area (Å²) in [7, 11) is 0. The third kappa shape index (κ3) is 4.81. The van der Waals surface area contributed by atoms with Crippen molar-refractivity contribution in [3.8, 4) is 5.69 Å². The maximum absolute atomic E-state index is 12.4. The monoisotopic (exact) mass is 412 g/mol. The molecule has 0 N–H and O–H groups in total. The molecule has 29 heavy (non-hydrogen) atoms. The van der Waals surface area contributed by atoms with E-state index in [1.54, 1.807) is 0 Å². The highest BCUT2D eigenvalue weighted by Crippen LogP contribution is 2.28. The SMILES string of the molecule is CCCCc1nc2ccc(Cl)cc2n1-c1ccc(C(CCC)C(=O)OCC)cc1. The van der Waals surface area contributed by atoms with Gasteiger partial charge in [-0.25, -0.2) is 4.98 Å². The lowest BCUT2D eigenvalue weighted by Crippen LogP contribution is -2.16. The molecular formula is C24H29ClN2O2. The topological polar surface area (TPSA) is 44.1 Å². The molecule has 1 heterocycles. The van der Waals surface area contributed by atoms with E-state index >= 15 is 0 Å². The summed E-state index contributed by atoms with van der Waals surface area (Å²) >= 11 is 6.27. The van der Waals surface area contributed by atoms with Crippen LogP contribution in [0.15, 0.2) is 42.5 Å². The Balaban J connectivity index is 2.01. The first-order valence-electron chi connectivity index (χ1n) is 10.5. The number of rotatable bonds is 9. The summed E-state index contributed by atoms with van der Waals surface area (Å²) in [5.41, 5.74) is 3.97. The fourth-order valence-corrected chi connectivity index (χ4v) is 3.86. The maximum Gasteiger partial charge on any atom is 0.313 e. The Kier molecular flexibility index (Phi) is 7.32. The minimum Gasteiger partial charge on any atom is -0.466 e. The van der Waals surface area contributed by atoms with Gasteiger partial charge in [-0.2, -0.15) is 0 Å². The molecule has 3 aromatic rings. The summed E-state index contributed by atoms with van der Waals surface area (Å²) < 4.78 is 7.46. The molecule has 0 spiro atoms. The van der Waals surface area contributed by atoms with Crippen LogP contribution in [0, 0.1) is 0 Å². The number of hydrogen-bond acceptors (Lipinski definition) is 3. The van der Waals surface area contributed by atoms with E-state index in [9.17, 15) is 4.79 Å². The molecule has 0 aliphatic rings. The molecule has 0 fully saturated rings. The molecule has 0 aliphatic carbocycles. The van der Waals surface area contributed by atoms with Crippen molar-refractivity contribution in [1.82, 2.24) is 9.55 Å². The molecule has 3 rings (SSSR count). The minimum atomic E-state index is -0.220. The smallest absolute Gasteiger partial charge is 0.313 e. The number of unbranched alkanes of at least 4 members (excludes halogenated alkanes) is 1. The van der Waals surface area contributed by atoms with Crippen LogP contribution >= 0.6 is 11.6 Å². The third-order valence-electron chi connectivity index (χ3n) is 5.14. The molecule has 0 saturated carbocycles. The second kappa shape index (κ2) is 9.93. The van der Waals surface area contributed by atoms with E-state index in [1.807, 2.05) is 37.3 Å². The van der Waals surface area contributed by atoms with Crippen LogP contribution in [-0.4, -0.2) is 22.1 Å². The second-order valence-electron chi connectivity index (χ2n) is 7.28. The first-order chi connectivity index (χ1) is 14.1. The molecule has 0 amide bonds. The molecule has 0 saturated heterocycles. The molecule has 154 valence electrons. The highest BCUT2D eigenvalue weighted by atomic mass is 35.5. The molecule has 5 heteroatoms. The van der Waals surface area contributed by atoms with Gasteiger partial charge >= 0.3 is 5.97 Å². The van der Waals surface area contributed by atoms with Crippen LogP contribution in [0.25, 0.3) is 16.7 Å². The van der Waals surface area contributed by atoms with Crippen molar-refractivity contribution >= 4 is 28.6 Å². The Morgan fingerprint density at radius 1 is 1.10 bits per heavy atom. The van der Waals surface area contributed by atoms with E-state index in [2.05, 4.69) is 30.5 Å². The van der Waals surface area contributed by atoms with E-state index < -0.39 is 0 Å². The maximum atomic E-state index is 12.4. The number of halogens is 1. The zero-order chi connectivity index (χ0) is 20.8. The van der Waals surface area contributed by atoms with Gasteiger partial charge in [0, 0.05) is 17.1 Å². The first kappa shape index (κ1) is 21.4. The number of fused-ring (bicyclic) bond motifs is 1. The van der Waals surface area contributed by atoms with E-state index in [0.29, 0.717) is 11.6 Å². The molecule has 1 unspecified atom stereocenters. The van der Waals surface area contributed by atoms with Gasteiger partial charge in [-0.3, -0.25) is 9.36 Å². The van der Waals surface area contributed by atoms with Gasteiger partial charge in [0.2, 0.25) is 0 Å². The predicted octanol–water partition coefficient (Wildman–Crippen LogP) is 6.47. The Hall–Kier alpha value is -2.33. The Labute approximate surface area is 177 Å². The van der Waals surface area contributed by atoms with Crippen LogP contribution in [0.2, 0.25) is 5.02 Å². The largest absolute Gasteiger partial charge is 0.466 e. The van der Waals surface area contributed by atoms with Crippen molar-refractivity contribution in [1.29, 1.82) is 0 Å². The fourth-order valence-electron chi connectivity index (χ4n) is 3.70. The van der Waals surface area contributed by atoms with Crippen LogP contribution in [0.3, 0.4) is 0 Å². The fraction of sp³-hybridized carbons (Fsp3) is 0.417. The molecule has 4 nitrogen and oxygen atoms in total. The summed E-state index contributed by atoms with van der Waals surface area (Å²) in [6.07, 6.45) is 4.81. The summed E-state index contributed by atoms with van der Waals surface area (Å²) in [6, 6.07) is 14.0. The van der Waals surface area contributed by atoms with Crippen LogP contribution in [0.5, 0.6) is 0 Å². The number of carbonyl (C=O) groups excluding carboxylic acids is 1. The van der Waals surface area contributed by atoms with Crippen LogP contribution in [-0.2, 0) is 16.0 Å². The summed E-state index contributed by atoms with van der Waals surface area (Å²) in [5.74, 6) is 0.667. The average molecular weight is 413 g/mol. The number of ether oxygens (including phenoxy) is 1. The number of aromatic nitrogens is 2. The first-order valence-corrected chi connectivity index (χ1v) is 10.9. The van der Waals surface area contributed by atoms with Gasteiger partial charge in [-0.15, -0.1) is 0 Å². The number of imidazole rings is 1. The van der Waals surface area contributed by atoms with Gasteiger partial charge in [0.05, 0.1) is 23.6 Å². The number of esters is 1. The van der Waals surface area contributed by atoms with Crippen molar-refractivity contribution in [3.05, 3.63) is 58.9 Å². The number of nitrogens with zero attached hydrogens (tertiary/aromatic N) is 2. The highest BCUT2D eigenvalue weighted by molar-refractivity contribution is 6.31. The van der Waals surface area contributed by atoms with Crippen LogP contribution < -0.4 is 0 Å². The van der Waals surface area contributed by atoms with Gasteiger partial charge in [-0.05, 0) is 55.7 Å². The molecular weight excluding hydrogens is 384 g/mol. The van der Waals surface area contributed by atoms with E-state index in [1.165, 1.54) is 0 Å². The molecule has 2 aromatic carbocycles. The van der Waals surface area contributed by atoms with Gasteiger partial charge in [-0.1, -0.05) is 50.4 Å². The van der Waals surface area contributed by atoms with Crippen molar-refractivity contribution in [2.24, 2.45) is 0 Å². The molecule has 0 bridgehead atoms. The average Bonchev–Trinajstić information content (AvgIpc) is 3.08. The third-order valence-corrected chi connectivity index (χ3v) is 5.38. The zero-order valence-electron chi connectivity index (χ0n) is 17.5. The van der Waals surface area contributed by atoms with Crippen molar-refractivity contribution < 1.29 is 9.53 Å². The Morgan fingerprint density at radius 2 is 1.86 bits per heavy atom. The molecule has 0 aliphatic heterocycles. The van der Waals surface area contributed by atoms with Crippen LogP contribution in [0.4, 0.5) is 0 Å². The summed E-state index contributed by atoms with van der Waals surface area (Å²) in [4.78, 5) is 17.2. The van der Waals surface area contributed by atoms with Crippen molar-refractivity contribution in [2.75, 3.05) is 6.61 Å². The quantitative estimate of drug-likeness (QED) is 0.378. The normalized spacial score (nSPS) is 12.3. The van der Waals surface area contributed by atoms with Crippen molar-refractivity contribution in [2.45, 2.75) is 58.8 Å². The standard InChI is InChI=1S/C24H29ClN2O2/c1-4-7-9-23-26-21-15-12-18(25)16-22(21)27(23)19-13-10-17(11-14-19)20(8-5-2)24(28)29-6-3/h10-16,20H,4-9H2,1-3H3. The van der Waals surface area contributed by atoms with Gasteiger partial charge < -0.3 is 4.74 Å². The van der Waals surface area contributed by atoms with Gasteiger partial charge in [0.1, 0.15) is 5.82 Å². The Bertz CT molecular complexity index is 963. The summed E-state index contributed by atoms with van der Waals surface area (Å²) in [5, 5.41) is 0.697. The lowest BCUT2D eigenvalue weighted by molar-refractivity contribution is -0.145. The Morgan fingerprint density at radius 3 is 2.52 bits per heavy atom. The molecule has 1 aromatic heterocycles. The van der Waals surface area contributed by atoms with E-state index in [4.69, 9.17) is 21.3 Å². The number of carbonyl (C=O) groups is 1. The van der Waals surface area contributed by atoms with Gasteiger partial charge in [0.25, 0.3) is 0 Å². The number of hydrogen-bond donors (Lipinski definition) is 0. The lowest BCUT2D eigenvalue weighted by atomic mass is 9.94. The van der Waals surface area contributed by atoms with Gasteiger partial charge in [0.15, 0.2) is 0 Å². The lowest BCUT2D eigenvalue weighted by Gasteiger charge is -2.16. The highest BCUT2D eigenvalue weighted by Gasteiger charge is 2.21. The van der Waals surface area contributed by atoms with E-state index in [0.717, 1.165) is 60.2 Å². The number of aryl methyl sites for hydroxylation is 1. The van der Waals surface area contributed by atoms with Crippen LogP contribution in [0.1, 0.15) is 63.8 Å². The van der Waals surface area contributed by atoms with E-state index in [-0.39, 0.29) is 11.9 Å². The predicted molar refractivity (Wildman–Crippen MR) is 119 cm³/mol.